The van der Waals surface area contributed by atoms with Gasteiger partial charge in [0.05, 0.1) is 7.11 Å². The van der Waals surface area contributed by atoms with Crippen LogP contribution in [0, 0.1) is 19.5 Å². The van der Waals surface area contributed by atoms with Crippen molar-refractivity contribution in [3.05, 3.63) is 7.11 Å². The van der Waals surface area contributed by atoms with Crippen LogP contribution in [-0.4, -0.2) is 5.60 Å². The normalized spacial score (nSPS) is 10.6. The predicted molar refractivity (Wildman–Crippen MR) is 29.4 cm³/mol. The molecule has 0 aromatic heterocycles. The van der Waals surface area contributed by atoms with Gasteiger partial charge in [0.15, 0.2) is 0 Å². The average molecular weight is 97.1 g/mol. The molecule has 0 saturated heterocycles. The Balaban J connectivity index is 3.66. The molecule has 7 heavy (non-hydrogen) atoms. The van der Waals surface area contributed by atoms with Gasteiger partial charge < -0.3 is 4.74 Å². The Labute approximate surface area is 44.7 Å². The molecular formula is C6H9O. The standard InChI is InChI=1S/C6H9O/c1-5-6(2,3)7-4/h1H,4H2,2-3H3. The molecular weight excluding hydrogens is 88.1 g/mol. The molecule has 0 aromatic carbocycles. The molecule has 39 valence electrons. The summed E-state index contributed by atoms with van der Waals surface area (Å²) in [4.78, 5) is 0. The molecule has 0 aromatic rings. The van der Waals surface area contributed by atoms with Crippen molar-refractivity contribution in [3.63, 3.8) is 0 Å². The van der Waals surface area contributed by atoms with E-state index in [9.17, 15) is 0 Å². The van der Waals surface area contributed by atoms with E-state index in [-0.39, 0.29) is 0 Å². The first kappa shape index (κ1) is 6.52. The van der Waals surface area contributed by atoms with Crippen LogP contribution in [0.4, 0.5) is 0 Å². The van der Waals surface area contributed by atoms with Crippen LogP contribution >= 0.6 is 0 Å². The smallest absolute Gasteiger partial charge is 0.122 e. The number of hydrogen-bond acceptors (Lipinski definition) is 1. The fourth-order valence-corrected chi connectivity index (χ4v) is 0.0417. The lowest BCUT2D eigenvalue weighted by atomic mass is 10.2. The predicted octanol–water partition coefficient (Wildman–Crippen LogP) is 1.21. The maximum Gasteiger partial charge on any atom is 0.122 e. The van der Waals surface area contributed by atoms with Gasteiger partial charge in [0, 0.05) is 0 Å². The van der Waals surface area contributed by atoms with Crippen molar-refractivity contribution in [1.82, 2.24) is 0 Å². The fraction of sp³-hybridized carbons (Fsp3) is 0.500. The van der Waals surface area contributed by atoms with E-state index in [0.717, 1.165) is 0 Å². The van der Waals surface area contributed by atoms with Gasteiger partial charge in [0.25, 0.3) is 0 Å². The fourth-order valence-electron chi connectivity index (χ4n) is 0.0417. The summed E-state index contributed by atoms with van der Waals surface area (Å²) in [5, 5.41) is 0. The van der Waals surface area contributed by atoms with Crippen molar-refractivity contribution in [3.8, 4) is 12.3 Å². The van der Waals surface area contributed by atoms with Gasteiger partial charge in [-0.2, -0.15) is 0 Å². The zero-order valence-electron chi connectivity index (χ0n) is 4.69. The molecule has 1 heteroatoms. The van der Waals surface area contributed by atoms with Crippen molar-refractivity contribution in [2.24, 2.45) is 0 Å². The topological polar surface area (TPSA) is 9.23 Å². The molecule has 1 radical (unpaired) electrons. The van der Waals surface area contributed by atoms with E-state index in [1.165, 1.54) is 0 Å². The molecule has 0 amide bonds. The zero-order chi connectivity index (χ0) is 5.91. The van der Waals surface area contributed by atoms with Crippen molar-refractivity contribution in [2.75, 3.05) is 0 Å². The number of rotatable bonds is 1. The minimum atomic E-state index is -0.500. The molecule has 0 saturated carbocycles. The lowest BCUT2D eigenvalue weighted by molar-refractivity contribution is 0.108. The van der Waals surface area contributed by atoms with Crippen LogP contribution in [0.1, 0.15) is 13.8 Å². The molecule has 0 bridgehead atoms. The molecule has 0 N–H and O–H groups in total. The molecule has 0 aliphatic carbocycles. The van der Waals surface area contributed by atoms with Gasteiger partial charge in [0.1, 0.15) is 5.60 Å². The van der Waals surface area contributed by atoms with E-state index in [4.69, 9.17) is 6.42 Å². The summed E-state index contributed by atoms with van der Waals surface area (Å²) < 4.78 is 4.60. The highest BCUT2D eigenvalue weighted by molar-refractivity contribution is 5.02. The van der Waals surface area contributed by atoms with Crippen LogP contribution in [0.5, 0.6) is 0 Å². The molecule has 0 atom stereocenters. The molecule has 0 aliphatic rings. The number of hydrogen-bond donors (Lipinski definition) is 0. The third kappa shape index (κ3) is 2.24. The van der Waals surface area contributed by atoms with Crippen LogP contribution in [0.15, 0.2) is 0 Å². The summed E-state index contributed by atoms with van der Waals surface area (Å²) in [5.74, 6) is 2.41. The zero-order valence-corrected chi connectivity index (χ0v) is 4.69. The number of terminal acetylenes is 1. The first-order chi connectivity index (χ1) is 3.12. The monoisotopic (exact) mass is 97.1 g/mol. The second-order valence-electron chi connectivity index (χ2n) is 1.80. The molecule has 0 spiro atoms. The van der Waals surface area contributed by atoms with Crippen molar-refractivity contribution >= 4 is 0 Å². The molecule has 0 unspecified atom stereocenters. The van der Waals surface area contributed by atoms with Gasteiger partial charge in [0.2, 0.25) is 0 Å². The summed E-state index contributed by atoms with van der Waals surface area (Å²) in [6.07, 6.45) is 5.00. The molecule has 1 nitrogen and oxygen atoms in total. The maximum absolute atomic E-state index is 5.00. The Morgan fingerprint density at radius 2 is 2.14 bits per heavy atom. The SMILES string of the molecule is C#CC(C)(C)O[CH2]. The van der Waals surface area contributed by atoms with Crippen molar-refractivity contribution < 1.29 is 4.74 Å². The third-order valence-electron chi connectivity index (χ3n) is 0.708. The van der Waals surface area contributed by atoms with Gasteiger partial charge in [-0.3, -0.25) is 0 Å². The minimum Gasteiger partial charge on any atom is -0.361 e. The first-order valence-electron chi connectivity index (χ1n) is 2.03. The molecule has 0 fully saturated rings. The van der Waals surface area contributed by atoms with Crippen molar-refractivity contribution in [1.29, 1.82) is 0 Å². The van der Waals surface area contributed by atoms with Crippen LogP contribution in [0.3, 0.4) is 0 Å². The van der Waals surface area contributed by atoms with E-state index in [2.05, 4.69) is 17.8 Å². The second-order valence-corrected chi connectivity index (χ2v) is 1.80. The van der Waals surface area contributed by atoms with E-state index in [0.29, 0.717) is 0 Å². The number of ether oxygens (including phenoxy) is 1. The Hall–Kier alpha value is -0.480. The lowest BCUT2D eigenvalue weighted by Gasteiger charge is -2.12. The lowest BCUT2D eigenvalue weighted by Crippen LogP contribution is -2.17. The maximum atomic E-state index is 5.00. The van der Waals surface area contributed by atoms with Crippen molar-refractivity contribution in [2.45, 2.75) is 19.4 Å². The molecule has 0 heterocycles. The highest BCUT2D eigenvalue weighted by Gasteiger charge is 2.09. The van der Waals surface area contributed by atoms with Gasteiger partial charge >= 0.3 is 0 Å². The molecule has 0 aliphatic heterocycles. The summed E-state index contributed by atoms with van der Waals surface area (Å²) in [7, 11) is 3.19. The average Bonchev–Trinajstić information content (AvgIpc) is 1.68. The Morgan fingerprint density at radius 1 is 1.71 bits per heavy atom. The quantitative estimate of drug-likeness (QED) is 0.447. The van der Waals surface area contributed by atoms with Crippen LogP contribution in [0.2, 0.25) is 0 Å². The van der Waals surface area contributed by atoms with E-state index >= 15 is 0 Å². The Morgan fingerprint density at radius 3 is 2.14 bits per heavy atom. The van der Waals surface area contributed by atoms with Gasteiger partial charge in [-0.25, -0.2) is 0 Å². The first-order valence-corrected chi connectivity index (χ1v) is 2.03. The summed E-state index contributed by atoms with van der Waals surface area (Å²) in [6.45, 7) is 3.56. The summed E-state index contributed by atoms with van der Waals surface area (Å²) in [5.41, 5.74) is -0.500. The summed E-state index contributed by atoms with van der Waals surface area (Å²) >= 11 is 0. The Kier molecular flexibility index (Phi) is 1.86. The van der Waals surface area contributed by atoms with Crippen LogP contribution in [0.25, 0.3) is 0 Å². The van der Waals surface area contributed by atoms with Gasteiger partial charge in [-0.1, -0.05) is 5.92 Å². The van der Waals surface area contributed by atoms with Gasteiger partial charge in [-0.05, 0) is 13.8 Å². The highest BCUT2D eigenvalue weighted by Crippen LogP contribution is 2.03. The van der Waals surface area contributed by atoms with E-state index in [1.54, 1.807) is 13.8 Å². The van der Waals surface area contributed by atoms with E-state index < -0.39 is 5.60 Å². The summed E-state index contributed by atoms with van der Waals surface area (Å²) in [6, 6.07) is 0. The molecule has 0 rings (SSSR count). The van der Waals surface area contributed by atoms with Crippen LogP contribution < -0.4 is 0 Å². The van der Waals surface area contributed by atoms with Crippen LogP contribution in [-0.2, 0) is 4.74 Å². The highest BCUT2D eigenvalue weighted by atomic mass is 16.5. The second kappa shape index (κ2) is 1.99. The van der Waals surface area contributed by atoms with Gasteiger partial charge in [-0.15, -0.1) is 6.42 Å². The largest absolute Gasteiger partial charge is 0.361 e. The third-order valence-corrected chi connectivity index (χ3v) is 0.708. The minimum absolute atomic E-state index is 0.500. The Bertz CT molecular complexity index is 86.8. The van der Waals surface area contributed by atoms with E-state index in [1.807, 2.05) is 0 Å².